The van der Waals surface area contributed by atoms with Crippen molar-refractivity contribution >= 4 is 17.6 Å². The Hall–Kier alpha value is -1.84. The molecule has 2 N–H and O–H groups in total. The summed E-state index contributed by atoms with van der Waals surface area (Å²) in [4.78, 5) is 23.3. The topological polar surface area (TPSA) is 66.4 Å². The van der Waals surface area contributed by atoms with Crippen molar-refractivity contribution in [3.8, 4) is 0 Å². The summed E-state index contributed by atoms with van der Waals surface area (Å²) in [5, 5.41) is 11.9. The first-order chi connectivity index (χ1) is 9.78. The zero-order valence-corrected chi connectivity index (χ0v) is 13.0. The van der Waals surface area contributed by atoms with Gasteiger partial charge in [-0.3, -0.25) is 9.59 Å². The van der Waals surface area contributed by atoms with Gasteiger partial charge in [0.2, 0.25) is 5.91 Å². The van der Waals surface area contributed by atoms with Crippen LogP contribution >= 0.6 is 0 Å². The van der Waals surface area contributed by atoms with Crippen LogP contribution in [0.25, 0.3) is 0 Å². The van der Waals surface area contributed by atoms with Gasteiger partial charge >= 0.3 is 5.97 Å². The first kappa shape index (κ1) is 15.5. The summed E-state index contributed by atoms with van der Waals surface area (Å²) < 4.78 is 0. The first-order valence-electron chi connectivity index (χ1n) is 7.42. The minimum Gasteiger partial charge on any atom is -0.481 e. The van der Waals surface area contributed by atoms with Crippen molar-refractivity contribution in [1.29, 1.82) is 0 Å². The molecule has 1 aliphatic rings. The first-order valence-corrected chi connectivity index (χ1v) is 7.42. The summed E-state index contributed by atoms with van der Waals surface area (Å²) >= 11 is 0. The second-order valence-corrected chi connectivity index (χ2v) is 6.54. The molecule has 1 aromatic carbocycles. The predicted molar refractivity (Wildman–Crippen MR) is 82.2 cm³/mol. The molecule has 4 nitrogen and oxygen atoms in total. The summed E-state index contributed by atoms with van der Waals surface area (Å²) in [6.45, 7) is 7.95. The fourth-order valence-corrected chi connectivity index (χ4v) is 2.94. The molecule has 114 valence electrons. The zero-order valence-electron chi connectivity index (χ0n) is 13.0. The van der Waals surface area contributed by atoms with E-state index in [0.717, 1.165) is 12.1 Å². The molecule has 2 rings (SSSR count). The maximum atomic E-state index is 12.2. The average molecular weight is 289 g/mol. The summed E-state index contributed by atoms with van der Waals surface area (Å²) in [5.74, 6) is -1.65. The maximum absolute atomic E-state index is 12.2. The standard InChI is InChI=1S/C17H23NO3/c1-5-10(2)11-6-8-12(9-7-11)18-15(19)13-14(16(20)21)17(13,3)4/h6-10,13-14H,5H2,1-4H3,(H,18,19)(H,20,21)/t10?,13-,14+/m1/s1. The van der Waals surface area contributed by atoms with E-state index in [0.29, 0.717) is 5.92 Å². The van der Waals surface area contributed by atoms with Crippen LogP contribution < -0.4 is 5.32 Å². The fraction of sp³-hybridized carbons (Fsp3) is 0.529. The highest BCUT2D eigenvalue weighted by Gasteiger charge is 2.65. The number of aliphatic carboxylic acids is 1. The molecule has 1 saturated carbocycles. The van der Waals surface area contributed by atoms with Crippen LogP contribution in [0.5, 0.6) is 0 Å². The Morgan fingerprint density at radius 2 is 1.81 bits per heavy atom. The normalized spacial score (nSPS) is 24.2. The lowest BCUT2D eigenvalue weighted by atomic mass is 9.98. The Bertz CT molecular complexity index is 548. The second-order valence-electron chi connectivity index (χ2n) is 6.54. The smallest absolute Gasteiger partial charge is 0.307 e. The molecule has 3 atom stereocenters. The van der Waals surface area contributed by atoms with E-state index in [9.17, 15) is 9.59 Å². The number of carboxylic acid groups (broad SMARTS) is 1. The lowest BCUT2D eigenvalue weighted by Gasteiger charge is -2.11. The molecule has 0 aliphatic heterocycles. The van der Waals surface area contributed by atoms with Gasteiger partial charge in [0.25, 0.3) is 0 Å². The number of anilines is 1. The third-order valence-corrected chi connectivity index (χ3v) is 4.74. The number of hydrogen-bond donors (Lipinski definition) is 2. The van der Waals surface area contributed by atoms with Crippen molar-refractivity contribution in [3.05, 3.63) is 29.8 Å². The molecule has 1 aromatic rings. The highest BCUT2D eigenvalue weighted by atomic mass is 16.4. The van der Waals surface area contributed by atoms with Crippen molar-refractivity contribution in [3.63, 3.8) is 0 Å². The van der Waals surface area contributed by atoms with Gasteiger partial charge in [0.05, 0.1) is 11.8 Å². The molecule has 0 saturated heterocycles. The van der Waals surface area contributed by atoms with Crippen molar-refractivity contribution < 1.29 is 14.7 Å². The van der Waals surface area contributed by atoms with Crippen molar-refractivity contribution in [1.82, 2.24) is 0 Å². The molecule has 1 unspecified atom stereocenters. The van der Waals surface area contributed by atoms with E-state index in [4.69, 9.17) is 5.11 Å². The molecule has 0 radical (unpaired) electrons. The number of benzene rings is 1. The molecule has 1 aliphatic carbocycles. The van der Waals surface area contributed by atoms with E-state index in [1.807, 2.05) is 38.1 Å². The van der Waals surface area contributed by atoms with E-state index >= 15 is 0 Å². The van der Waals surface area contributed by atoms with Crippen LogP contribution in [0, 0.1) is 17.3 Å². The van der Waals surface area contributed by atoms with Crippen LogP contribution in [0.4, 0.5) is 5.69 Å². The van der Waals surface area contributed by atoms with Gasteiger partial charge in [0, 0.05) is 5.69 Å². The fourth-order valence-electron chi connectivity index (χ4n) is 2.94. The Morgan fingerprint density at radius 1 is 1.24 bits per heavy atom. The molecular formula is C17H23NO3. The van der Waals surface area contributed by atoms with E-state index < -0.39 is 23.2 Å². The number of rotatable bonds is 5. The lowest BCUT2D eigenvalue weighted by Crippen LogP contribution is -2.17. The molecule has 1 fully saturated rings. The largest absolute Gasteiger partial charge is 0.481 e. The van der Waals surface area contributed by atoms with Gasteiger partial charge in [-0.1, -0.05) is 39.8 Å². The number of nitrogens with one attached hydrogen (secondary N) is 1. The van der Waals surface area contributed by atoms with Gasteiger partial charge in [0.1, 0.15) is 0 Å². The van der Waals surface area contributed by atoms with E-state index in [1.165, 1.54) is 5.56 Å². The van der Waals surface area contributed by atoms with Crippen LogP contribution in [-0.2, 0) is 9.59 Å². The van der Waals surface area contributed by atoms with Crippen LogP contribution in [0.15, 0.2) is 24.3 Å². The highest BCUT2D eigenvalue weighted by molar-refractivity contribution is 5.99. The Kier molecular flexibility index (Phi) is 4.08. The van der Waals surface area contributed by atoms with Gasteiger partial charge in [0.15, 0.2) is 0 Å². The quantitative estimate of drug-likeness (QED) is 0.872. The van der Waals surface area contributed by atoms with Gasteiger partial charge < -0.3 is 10.4 Å². The highest BCUT2D eigenvalue weighted by Crippen LogP contribution is 2.58. The monoisotopic (exact) mass is 289 g/mol. The van der Waals surface area contributed by atoms with Crippen molar-refractivity contribution in [2.45, 2.75) is 40.0 Å². The Morgan fingerprint density at radius 3 is 2.24 bits per heavy atom. The summed E-state index contributed by atoms with van der Waals surface area (Å²) in [6, 6.07) is 7.78. The Balaban J connectivity index is 2.03. The molecule has 0 bridgehead atoms. The molecule has 0 heterocycles. The van der Waals surface area contributed by atoms with Gasteiger partial charge in [-0.25, -0.2) is 0 Å². The third kappa shape index (κ3) is 2.94. The van der Waals surface area contributed by atoms with Crippen molar-refractivity contribution in [2.24, 2.45) is 17.3 Å². The summed E-state index contributed by atoms with van der Waals surface area (Å²) in [7, 11) is 0. The van der Waals surface area contributed by atoms with Crippen LogP contribution in [0.1, 0.15) is 45.6 Å². The average Bonchev–Trinajstić information content (AvgIpc) is 3.02. The minimum absolute atomic E-state index is 0.205. The Labute approximate surface area is 125 Å². The molecule has 4 heteroatoms. The minimum atomic E-state index is -0.896. The zero-order chi connectivity index (χ0) is 15.8. The molecule has 0 spiro atoms. The SMILES string of the molecule is CCC(C)c1ccc(NC(=O)[C@H]2[C@@H](C(=O)O)C2(C)C)cc1. The van der Waals surface area contributed by atoms with E-state index in [1.54, 1.807) is 0 Å². The van der Waals surface area contributed by atoms with Crippen LogP contribution in [-0.4, -0.2) is 17.0 Å². The van der Waals surface area contributed by atoms with Crippen molar-refractivity contribution in [2.75, 3.05) is 5.32 Å². The molecule has 1 amide bonds. The number of hydrogen-bond acceptors (Lipinski definition) is 2. The van der Waals surface area contributed by atoms with Gasteiger partial charge in [-0.05, 0) is 35.4 Å². The number of carboxylic acids is 1. The van der Waals surface area contributed by atoms with E-state index in [2.05, 4.69) is 19.2 Å². The number of carbonyl (C=O) groups excluding carboxylic acids is 1. The second kappa shape index (κ2) is 5.51. The number of amides is 1. The summed E-state index contributed by atoms with van der Waals surface area (Å²) in [6.07, 6.45) is 1.07. The van der Waals surface area contributed by atoms with Gasteiger partial charge in [-0.15, -0.1) is 0 Å². The summed E-state index contributed by atoms with van der Waals surface area (Å²) in [5.41, 5.74) is 1.50. The molecular weight excluding hydrogens is 266 g/mol. The van der Waals surface area contributed by atoms with E-state index in [-0.39, 0.29) is 5.91 Å². The van der Waals surface area contributed by atoms with Crippen LogP contribution in [0.3, 0.4) is 0 Å². The van der Waals surface area contributed by atoms with Gasteiger partial charge in [-0.2, -0.15) is 0 Å². The molecule has 0 aromatic heterocycles. The molecule has 21 heavy (non-hydrogen) atoms. The number of carbonyl (C=O) groups is 2. The third-order valence-electron chi connectivity index (χ3n) is 4.74. The van der Waals surface area contributed by atoms with Crippen LogP contribution in [0.2, 0.25) is 0 Å². The predicted octanol–water partition coefficient (Wildman–Crippen LogP) is 3.50. The lowest BCUT2D eigenvalue weighted by molar-refractivity contribution is -0.140. The maximum Gasteiger partial charge on any atom is 0.307 e.